The van der Waals surface area contributed by atoms with Crippen LogP contribution in [0.4, 0.5) is 5.13 Å². The Hall–Kier alpha value is -1.10. The molecule has 1 atom stereocenters. The highest BCUT2D eigenvalue weighted by atomic mass is 32.1. The van der Waals surface area contributed by atoms with E-state index in [0.717, 1.165) is 17.5 Å². The maximum Gasteiger partial charge on any atom is 0.357 e. The van der Waals surface area contributed by atoms with E-state index in [9.17, 15) is 4.79 Å². The fourth-order valence-electron chi connectivity index (χ4n) is 1.90. The van der Waals surface area contributed by atoms with Crippen molar-refractivity contribution in [3.8, 4) is 0 Å². The van der Waals surface area contributed by atoms with E-state index in [-0.39, 0.29) is 5.97 Å². The molecule has 1 aliphatic rings. The van der Waals surface area contributed by atoms with E-state index in [1.807, 2.05) is 0 Å². The first-order chi connectivity index (χ1) is 8.72. The minimum absolute atomic E-state index is 0.336. The molecule has 100 valence electrons. The number of carbonyl (C=O) groups excluding carboxylic acids is 1. The normalized spacial score (nSPS) is 16.3. The molecule has 1 heterocycles. The molecule has 1 fully saturated rings. The van der Waals surface area contributed by atoms with Gasteiger partial charge < -0.3 is 10.1 Å². The van der Waals surface area contributed by atoms with Gasteiger partial charge in [0.15, 0.2) is 10.8 Å². The van der Waals surface area contributed by atoms with Crippen LogP contribution in [0.1, 0.15) is 50.0 Å². The Labute approximate surface area is 112 Å². The molecule has 0 saturated heterocycles. The number of nitrogens with one attached hydrogen (secondary N) is 1. The van der Waals surface area contributed by atoms with Crippen LogP contribution in [0.25, 0.3) is 0 Å². The lowest BCUT2D eigenvalue weighted by atomic mass is 10.1. The third-order valence-electron chi connectivity index (χ3n) is 3.12. The van der Waals surface area contributed by atoms with Crippen LogP contribution in [0, 0.1) is 5.92 Å². The van der Waals surface area contributed by atoms with Crippen LogP contribution >= 0.6 is 11.3 Å². The van der Waals surface area contributed by atoms with Crippen LogP contribution in [0.5, 0.6) is 0 Å². The molecule has 2 rings (SSSR count). The van der Waals surface area contributed by atoms with Gasteiger partial charge in [-0.2, -0.15) is 0 Å². The van der Waals surface area contributed by atoms with Gasteiger partial charge >= 0.3 is 5.97 Å². The van der Waals surface area contributed by atoms with E-state index in [1.165, 1.54) is 30.6 Å². The zero-order valence-electron chi connectivity index (χ0n) is 10.9. The molecule has 0 bridgehead atoms. The van der Waals surface area contributed by atoms with E-state index in [1.54, 1.807) is 12.3 Å². The summed E-state index contributed by atoms with van der Waals surface area (Å²) in [6, 6.07) is 0.471. The lowest BCUT2D eigenvalue weighted by Crippen LogP contribution is -2.19. The molecule has 4 nitrogen and oxygen atoms in total. The first kappa shape index (κ1) is 13.3. The average molecular weight is 268 g/mol. The summed E-state index contributed by atoms with van der Waals surface area (Å²) in [5, 5.41) is 6.00. The summed E-state index contributed by atoms with van der Waals surface area (Å²) in [7, 11) is 0. The van der Waals surface area contributed by atoms with Crippen LogP contribution in [-0.4, -0.2) is 23.6 Å². The number of nitrogens with zero attached hydrogens (tertiary/aromatic N) is 1. The van der Waals surface area contributed by atoms with Gasteiger partial charge in [-0.3, -0.25) is 0 Å². The molecule has 1 N–H and O–H groups in total. The van der Waals surface area contributed by atoms with Crippen LogP contribution in [0.15, 0.2) is 5.38 Å². The minimum Gasteiger partial charge on any atom is -0.461 e. The third-order valence-corrected chi connectivity index (χ3v) is 3.90. The molecule has 0 amide bonds. The van der Waals surface area contributed by atoms with Crippen LogP contribution in [0.3, 0.4) is 0 Å². The number of anilines is 1. The maximum absolute atomic E-state index is 11.5. The predicted octanol–water partition coefficient (Wildman–Crippen LogP) is 3.31. The molecule has 0 aliphatic heterocycles. The second-order valence-corrected chi connectivity index (χ2v) is 5.55. The van der Waals surface area contributed by atoms with Crippen molar-refractivity contribution >= 4 is 22.4 Å². The summed E-state index contributed by atoms with van der Waals surface area (Å²) < 4.78 is 4.92. The van der Waals surface area contributed by atoms with Crippen molar-refractivity contribution in [2.24, 2.45) is 5.92 Å². The van der Waals surface area contributed by atoms with Crippen molar-refractivity contribution in [2.45, 2.75) is 45.6 Å². The van der Waals surface area contributed by atoms with Gasteiger partial charge in [0.2, 0.25) is 0 Å². The Balaban J connectivity index is 1.89. The largest absolute Gasteiger partial charge is 0.461 e. The number of thiazole rings is 1. The van der Waals surface area contributed by atoms with Crippen molar-refractivity contribution in [1.82, 2.24) is 4.98 Å². The highest BCUT2D eigenvalue weighted by Gasteiger charge is 2.25. The van der Waals surface area contributed by atoms with Crippen LogP contribution in [0.2, 0.25) is 0 Å². The second kappa shape index (κ2) is 6.18. The summed E-state index contributed by atoms with van der Waals surface area (Å²) in [6.07, 6.45) is 5.03. The first-order valence-electron chi connectivity index (χ1n) is 6.62. The molecular formula is C13H20N2O2S. The second-order valence-electron chi connectivity index (χ2n) is 4.69. The topological polar surface area (TPSA) is 51.2 Å². The molecule has 18 heavy (non-hydrogen) atoms. The average Bonchev–Trinajstić information content (AvgIpc) is 3.05. The van der Waals surface area contributed by atoms with Gasteiger partial charge in [-0.25, -0.2) is 9.78 Å². The molecular weight excluding hydrogens is 248 g/mol. The van der Waals surface area contributed by atoms with Gasteiger partial charge in [0, 0.05) is 11.4 Å². The van der Waals surface area contributed by atoms with Gasteiger partial charge in [-0.15, -0.1) is 11.3 Å². The molecule has 0 spiro atoms. The van der Waals surface area contributed by atoms with Gasteiger partial charge in [-0.1, -0.05) is 19.8 Å². The van der Waals surface area contributed by atoms with Crippen molar-refractivity contribution in [1.29, 1.82) is 0 Å². The molecule has 1 aliphatic carbocycles. The Morgan fingerprint density at radius 3 is 3.00 bits per heavy atom. The van der Waals surface area contributed by atoms with E-state index in [0.29, 0.717) is 18.3 Å². The molecule has 0 radical (unpaired) electrons. The quantitative estimate of drug-likeness (QED) is 0.771. The number of carbonyl (C=O) groups is 1. The highest BCUT2D eigenvalue weighted by molar-refractivity contribution is 7.13. The fourth-order valence-corrected chi connectivity index (χ4v) is 2.65. The summed E-state index contributed by atoms with van der Waals surface area (Å²) in [4.78, 5) is 15.8. The molecule has 0 aromatic carbocycles. The summed E-state index contributed by atoms with van der Waals surface area (Å²) >= 11 is 1.47. The van der Waals surface area contributed by atoms with E-state index < -0.39 is 0 Å². The smallest absolute Gasteiger partial charge is 0.357 e. The highest BCUT2D eigenvalue weighted by Crippen LogP contribution is 2.35. The summed E-state index contributed by atoms with van der Waals surface area (Å²) in [6.45, 7) is 4.37. The number of esters is 1. The monoisotopic (exact) mass is 268 g/mol. The van der Waals surface area contributed by atoms with Gasteiger partial charge in [0.25, 0.3) is 0 Å². The lowest BCUT2D eigenvalue weighted by molar-refractivity contribution is 0.0520. The molecule has 1 aromatic rings. The van der Waals surface area contributed by atoms with Crippen molar-refractivity contribution < 1.29 is 9.53 Å². The van der Waals surface area contributed by atoms with E-state index >= 15 is 0 Å². The number of aromatic nitrogens is 1. The minimum atomic E-state index is -0.336. The predicted molar refractivity (Wildman–Crippen MR) is 73.1 cm³/mol. The summed E-state index contributed by atoms with van der Waals surface area (Å²) in [5.74, 6) is 0.559. The number of rotatable bonds is 7. The van der Waals surface area contributed by atoms with E-state index in [4.69, 9.17) is 4.74 Å². The number of hydrogen-bond donors (Lipinski definition) is 1. The Morgan fingerprint density at radius 1 is 1.61 bits per heavy atom. The van der Waals surface area contributed by atoms with Crippen LogP contribution in [-0.2, 0) is 4.74 Å². The van der Waals surface area contributed by atoms with Gasteiger partial charge in [0.1, 0.15) is 0 Å². The lowest BCUT2D eigenvalue weighted by Gasteiger charge is -2.15. The van der Waals surface area contributed by atoms with Gasteiger partial charge in [-0.05, 0) is 25.7 Å². The van der Waals surface area contributed by atoms with Crippen molar-refractivity contribution in [3.63, 3.8) is 0 Å². The van der Waals surface area contributed by atoms with Crippen molar-refractivity contribution in [3.05, 3.63) is 11.1 Å². The molecule has 5 heteroatoms. The maximum atomic E-state index is 11.5. The van der Waals surface area contributed by atoms with Gasteiger partial charge in [0.05, 0.1) is 6.61 Å². The Kier molecular flexibility index (Phi) is 4.58. The summed E-state index contributed by atoms with van der Waals surface area (Å²) in [5.41, 5.74) is 0.408. The molecule has 1 aromatic heterocycles. The SMILES string of the molecule is CCOC(=O)c1csc(NC(CC)CC2CC2)n1. The van der Waals surface area contributed by atoms with Crippen molar-refractivity contribution in [2.75, 3.05) is 11.9 Å². The Bertz CT molecular complexity index is 401. The Morgan fingerprint density at radius 2 is 2.39 bits per heavy atom. The molecule has 1 unspecified atom stereocenters. The fraction of sp³-hybridized carbons (Fsp3) is 0.692. The van der Waals surface area contributed by atoms with Crippen LogP contribution < -0.4 is 5.32 Å². The van der Waals surface area contributed by atoms with E-state index in [2.05, 4.69) is 17.2 Å². The first-order valence-corrected chi connectivity index (χ1v) is 7.50. The third kappa shape index (κ3) is 3.70. The number of ether oxygens (including phenoxy) is 1. The number of hydrogen-bond acceptors (Lipinski definition) is 5. The zero-order chi connectivity index (χ0) is 13.0. The standard InChI is InChI=1S/C13H20N2O2S/c1-3-10(7-9-5-6-9)14-13-15-11(8-18-13)12(16)17-4-2/h8-10H,3-7H2,1-2H3,(H,14,15). The zero-order valence-corrected chi connectivity index (χ0v) is 11.8. The molecule has 1 saturated carbocycles.